The second-order valence-electron chi connectivity index (χ2n) is 7.73. The molecule has 1 saturated heterocycles. The van der Waals surface area contributed by atoms with Crippen molar-refractivity contribution in [2.24, 2.45) is 0 Å². The minimum absolute atomic E-state index is 0.210. The van der Waals surface area contributed by atoms with Gasteiger partial charge in [0, 0.05) is 36.3 Å². The van der Waals surface area contributed by atoms with E-state index in [1.807, 2.05) is 6.92 Å². The molecule has 0 unspecified atom stereocenters. The number of piperidine rings is 1. The molecular weight excluding hydrogens is 432 g/mol. The van der Waals surface area contributed by atoms with E-state index in [-0.39, 0.29) is 11.5 Å². The Kier molecular flexibility index (Phi) is 6.29. The summed E-state index contributed by atoms with van der Waals surface area (Å²) in [7, 11) is -3.51. The Morgan fingerprint density at radius 2 is 1.78 bits per heavy atom. The van der Waals surface area contributed by atoms with Gasteiger partial charge >= 0.3 is 5.63 Å². The number of nitrogens with one attached hydrogen (secondary N) is 1. The van der Waals surface area contributed by atoms with Crippen molar-refractivity contribution in [2.45, 2.75) is 31.1 Å². The number of carbonyl (C=O) groups is 1. The highest BCUT2D eigenvalue weighted by Crippen LogP contribution is 2.23. The van der Waals surface area contributed by atoms with Gasteiger partial charge in [0.05, 0.1) is 4.90 Å². The summed E-state index contributed by atoms with van der Waals surface area (Å²) in [5.74, 6) is -0.00759. The summed E-state index contributed by atoms with van der Waals surface area (Å²) in [4.78, 5) is 24.0. The number of anilines is 1. The highest BCUT2D eigenvalue weighted by Gasteiger charge is 2.25. The number of rotatable bonds is 6. The standard InChI is InChI=1S/C23H24N2O6S/c1-16-13-23(27)31-21-14-18(7-10-20(16)21)30-15-22(26)24-17-5-8-19(9-6-17)32(28,29)25-11-3-2-4-12-25/h5-10,13-14H,2-4,11-12,15H2,1H3,(H,24,26). The number of fused-ring (bicyclic) bond motifs is 1. The van der Waals surface area contributed by atoms with Crippen molar-refractivity contribution in [3.63, 3.8) is 0 Å². The van der Waals surface area contributed by atoms with Crippen LogP contribution in [-0.2, 0) is 14.8 Å². The molecular formula is C23H24N2O6S. The SMILES string of the molecule is Cc1cc(=O)oc2cc(OCC(=O)Nc3ccc(S(=O)(=O)N4CCCCC4)cc3)ccc12. The maximum absolute atomic E-state index is 12.7. The van der Waals surface area contributed by atoms with E-state index in [1.54, 1.807) is 30.3 Å². The predicted molar refractivity (Wildman–Crippen MR) is 120 cm³/mol. The highest BCUT2D eigenvalue weighted by molar-refractivity contribution is 7.89. The van der Waals surface area contributed by atoms with Crippen LogP contribution >= 0.6 is 0 Å². The van der Waals surface area contributed by atoms with E-state index in [2.05, 4.69) is 5.32 Å². The fraction of sp³-hybridized carbons (Fsp3) is 0.304. The Bertz CT molecular complexity index is 1290. The third kappa shape index (κ3) is 4.84. The predicted octanol–water partition coefficient (Wildman–Crippen LogP) is 3.29. The van der Waals surface area contributed by atoms with Gasteiger partial charge in [0.25, 0.3) is 5.91 Å². The smallest absolute Gasteiger partial charge is 0.336 e. The van der Waals surface area contributed by atoms with Gasteiger partial charge in [-0.3, -0.25) is 4.79 Å². The molecule has 1 aliphatic rings. The number of amides is 1. The summed E-state index contributed by atoms with van der Waals surface area (Å²) in [5, 5.41) is 3.47. The average Bonchev–Trinajstić information content (AvgIpc) is 2.78. The summed E-state index contributed by atoms with van der Waals surface area (Å²) in [6.07, 6.45) is 2.79. The lowest BCUT2D eigenvalue weighted by molar-refractivity contribution is -0.118. The molecule has 0 bridgehead atoms. The van der Waals surface area contributed by atoms with Gasteiger partial charge in [0.1, 0.15) is 11.3 Å². The zero-order valence-corrected chi connectivity index (χ0v) is 18.5. The van der Waals surface area contributed by atoms with Gasteiger partial charge in [-0.15, -0.1) is 0 Å². The summed E-state index contributed by atoms with van der Waals surface area (Å²) in [5.41, 5.74) is 1.21. The lowest BCUT2D eigenvalue weighted by Crippen LogP contribution is -2.35. The molecule has 9 heteroatoms. The Morgan fingerprint density at radius 3 is 2.50 bits per heavy atom. The largest absolute Gasteiger partial charge is 0.484 e. The number of aryl methyl sites for hydroxylation is 1. The lowest BCUT2D eigenvalue weighted by Gasteiger charge is -2.25. The van der Waals surface area contributed by atoms with Crippen LogP contribution in [0, 0.1) is 6.92 Å². The normalized spacial score (nSPS) is 14.9. The Labute approximate surface area is 185 Å². The first kappa shape index (κ1) is 22.0. The molecule has 2 aromatic carbocycles. The molecule has 1 amide bonds. The van der Waals surface area contributed by atoms with Gasteiger partial charge in [-0.05, 0) is 61.7 Å². The number of hydrogen-bond acceptors (Lipinski definition) is 6. The summed E-state index contributed by atoms with van der Waals surface area (Å²) >= 11 is 0. The molecule has 0 atom stereocenters. The highest BCUT2D eigenvalue weighted by atomic mass is 32.2. The van der Waals surface area contributed by atoms with Crippen LogP contribution in [0.5, 0.6) is 5.75 Å². The molecule has 2 heterocycles. The average molecular weight is 457 g/mol. The summed E-state index contributed by atoms with van der Waals surface area (Å²) < 4.78 is 37.6. The Balaban J connectivity index is 1.37. The molecule has 0 aliphatic carbocycles. The van der Waals surface area contributed by atoms with Crippen LogP contribution < -0.4 is 15.7 Å². The van der Waals surface area contributed by atoms with Crippen LogP contribution in [0.3, 0.4) is 0 Å². The van der Waals surface area contributed by atoms with Crippen LogP contribution in [0.2, 0.25) is 0 Å². The number of benzene rings is 2. The molecule has 1 fully saturated rings. The van der Waals surface area contributed by atoms with E-state index >= 15 is 0 Å². The van der Waals surface area contributed by atoms with E-state index in [1.165, 1.54) is 22.5 Å². The summed E-state index contributed by atoms with van der Waals surface area (Å²) in [6.45, 7) is 2.64. The van der Waals surface area contributed by atoms with E-state index in [0.717, 1.165) is 30.2 Å². The van der Waals surface area contributed by atoms with Crippen LogP contribution in [0.4, 0.5) is 5.69 Å². The zero-order valence-electron chi connectivity index (χ0n) is 17.7. The molecule has 1 aliphatic heterocycles. The van der Waals surface area contributed by atoms with Crippen molar-refractivity contribution in [2.75, 3.05) is 25.0 Å². The number of hydrogen-bond donors (Lipinski definition) is 1. The van der Waals surface area contributed by atoms with E-state index in [4.69, 9.17) is 9.15 Å². The maximum atomic E-state index is 12.7. The molecule has 1 aromatic heterocycles. The second kappa shape index (κ2) is 9.13. The van der Waals surface area contributed by atoms with Crippen LogP contribution in [0.25, 0.3) is 11.0 Å². The monoisotopic (exact) mass is 456 g/mol. The first-order chi connectivity index (χ1) is 15.3. The van der Waals surface area contributed by atoms with E-state index in [9.17, 15) is 18.0 Å². The molecule has 32 heavy (non-hydrogen) atoms. The van der Waals surface area contributed by atoms with Crippen molar-refractivity contribution < 1.29 is 22.4 Å². The molecule has 0 spiro atoms. The molecule has 168 valence electrons. The van der Waals surface area contributed by atoms with Crippen molar-refractivity contribution >= 4 is 32.6 Å². The Morgan fingerprint density at radius 1 is 1.06 bits per heavy atom. The molecule has 4 rings (SSSR count). The molecule has 1 N–H and O–H groups in total. The lowest BCUT2D eigenvalue weighted by atomic mass is 10.1. The second-order valence-corrected chi connectivity index (χ2v) is 9.67. The van der Waals surface area contributed by atoms with Gasteiger partial charge < -0.3 is 14.5 Å². The number of ether oxygens (including phenoxy) is 1. The van der Waals surface area contributed by atoms with E-state index in [0.29, 0.717) is 30.1 Å². The van der Waals surface area contributed by atoms with Crippen LogP contribution in [-0.4, -0.2) is 38.3 Å². The van der Waals surface area contributed by atoms with Crippen molar-refractivity contribution in [1.82, 2.24) is 4.31 Å². The van der Waals surface area contributed by atoms with Crippen molar-refractivity contribution in [3.8, 4) is 5.75 Å². The first-order valence-corrected chi connectivity index (χ1v) is 11.8. The van der Waals surface area contributed by atoms with Crippen molar-refractivity contribution in [3.05, 3.63) is 64.5 Å². The van der Waals surface area contributed by atoms with Crippen LogP contribution in [0.1, 0.15) is 24.8 Å². The molecule has 0 radical (unpaired) electrons. The maximum Gasteiger partial charge on any atom is 0.336 e. The van der Waals surface area contributed by atoms with E-state index < -0.39 is 21.6 Å². The van der Waals surface area contributed by atoms with Gasteiger partial charge in [-0.1, -0.05) is 6.42 Å². The number of carbonyl (C=O) groups excluding carboxylic acids is 1. The minimum Gasteiger partial charge on any atom is -0.484 e. The molecule has 0 saturated carbocycles. The van der Waals surface area contributed by atoms with Gasteiger partial charge in [0.2, 0.25) is 10.0 Å². The summed E-state index contributed by atoms with van der Waals surface area (Å²) in [6, 6.07) is 12.5. The topological polar surface area (TPSA) is 106 Å². The van der Waals surface area contributed by atoms with Gasteiger partial charge in [-0.25, -0.2) is 13.2 Å². The molecule has 3 aromatic rings. The minimum atomic E-state index is -3.51. The molecule has 8 nitrogen and oxygen atoms in total. The number of nitrogens with zero attached hydrogens (tertiary/aromatic N) is 1. The third-order valence-corrected chi connectivity index (χ3v) is 7.30. The fourth-order valence-corrected chi connectivity index (χ4v) is 5.22. The zero-order chi connectivity index (χ0) is 22.7. The fourth-order valence-electron chi connectivity index (χ4n) is 3.71. The van der Waals surface area contributed by atoms with Gasteiger partial charge in [0.15, 0.2) is 6.61 Å². The Hall–Kier alpha value is -3.17. The van der Waals surface area contributed by atoms with Crippen molar-refractivity contribution in [1.29, 1.82) is 0 Å². The van der Waals surface area contributed by atoms with Gasteiger partial charge in [-0.2, -0.15) is 4.31 Å². The quantitative estimate of drug-likeness (QED) is 0.571. The van der Waals surface area contributed by atoms with Crippen LogP contribution in [0.15, 0.2) is 62.6 Å². The first-order valence-electron chi connectivity index (χ1n) is 10.4. The number of sulfonamides is 1. The third-order valence-electron chi connectivity index (χ3n) is 5.38.